The van der Waals surface area contributed by atoms with E-state index in [-0.39, 0.29) is 0 Å². The SMILES string of the molecule is Cc1ccc2c(c1)sc1ncc(-c3ncc(C)o3)n12. The Morgan fingerprint density at radius 1 is 1.16 bits per heavy atom. The molecular formula is C14H11N3OS. The van der Waals surface area contributed by atoms with Crippen molar-refractivity contribution in [3.05, 3.63) is 41.9 Å². The third kappa shape index (κ3) is 1.51. The molecule has 4 nitrogen and oxygen atoms in total. The average molecular weight is 269 g/mol. The fourth-order valence-corrected chi connectivity index (χ4v) is 3.35. The molecule has 0 N–H and O–H groups in total. The smallest absolute Gasteiger partial charge is 0.245 e. The molecule has 0 aliphatic carbocycles. The second kappa shape index (κ2) is 3.68. The molecule has 0 atom stereocenters. The van der Waals surface area contributed by atoms with E-state index in [1.54, 1.807) is 17.5 Å². The molecule has 0 aliphatic heterocycles. The first-order valence-electron chi connectivity index (χ1n) is 6.02. The molecule has 3 aromatic heterocycles. The predicted octanol–water partition coefficient (Wildman–Crippen LogP) is 3.82. The van der Waals surface area contributed by atoms with Crippen molar-refractivity contribution in [1.82, 2.24) is 14.4 Å². The number of oxazole rings is 1. The van der Waals surface area contributed by atoms with Crippen LogP contribution in [-0.2, 0) is 0 Å². The van der Waals surface area contributed by atoms with Crippen LogP contribution in [0.1, 0.15) is 11.3 Å². The highest BCUT2D eigenvalue weighted by Gasteiger charge is 2.15. The first kappa shape index (κ1) is 10.8. The van der Waals surface area contributed by atoms with E-state index in [2.05, 4.69) is 39.5 Å². The summed E-state index contributed by atoms with van der Waals surface area (Å²) in [4.78, 5) is 9.71. The Kier molecular flexibility index (Phi) is 2.08. The molecule has 0 saturated heterocycles. The molecule has 0 unspecified atom stereocenters. The Labute approximate surface area is 113 Å². The highest BCUT2D eigenvalue weighted by Crippen LogP contribution is 2.31. The molecule has 94 valence electrons. The number of thiazole rings is 1. The highest BCUT2D eigenvalue weighted by atomic mass is 32.1. The fraction of sp³-hybridized carbons (Fsp3) is 0.143. The van der Waals surface area contributed by atoms with E-state index in [4.69, 9.17) is 4.42 Å². The third-order valence-corrected chi connectivity index (χ3v) is 4.14. The summed E-state index contributed by atoms with van der Waals surface area (Å²) >= 11 is 1.68. The van der Waals surface area contributed by atoms with Crippen molar-refractivity contribution in [2.45, 2.75) is 13.8 Å². The summed E-state index contributed by atoms with van der Waals surface area (Å²) in [6, 6.07) is 6.41. The average Bonchev–Trinajstić information content (AvgIpc) is 3.02. The van der Waals surface area contributed by atoms with Gasteiger partial charge in [-0.05, 0) is 31.5 Å². The minimum atomic E-state index is 0.616. The Bertz CT molecular complexity index is 900. The van der Waals surface area contributed by atoms with Gasteiger partial charge >= 0.3 is 0 Å². The van der Waals surface area contributed by atoms with E-state index >= 15 is 0 Å². The van der Waals surface area contributed by atoms with Crippen LogP contribution in [0.15, 0.2) is 35.0 Å². The second-order valence-electron chi connectivity index (χ2n) is 4.61. The number of hydrogen-bond acceptors (Lipinski definition) is 4. The van der Waals surface area contributed by atoms with Gasteiger partial charge < -0.3 is 4.42 Å². The molecule has 19 heavy (non-hydrogen) atoms. The number of nitrogens with zero attached hydrogens (tertiary/aromatic N) is 3. The van der Waals surface area contributed by atoms with Crippen molar-refractivity contribution < 1.29 is 4.42 Å². The summed E-state index contributed by atoms with van der Waals surface area (Å²) in [6.45, 7) is 3.99. The van der Waals surface area contributed by atoms with Gasteiger partial charge in [-0.1, -0.05) is 17.4 Å². The van der Waals surface area contributed by atoms with Gasteiger partial charge in [-0.15, -0.1) is 0 Å². The lowest BCUT2D eigenvalue weighted by Gasteiger charge is -1.97. The Hall–Kier alpha value is -2.14. The molecule has 0 radical (unpaired) electrons. The minimum Gasteiger partial charge on any atom is -0.440 e. The van der Waals surface area contributed by atoms with Crippen LogP contribution >= 0.6 is 11.3 Å². The highest BCUT2D eigenvalue weighted by molar-refractivity contribution is 7.23. The minimum absolute atomic E-state index is 0.616. The Morgan fingerprint density at radius 3 is 2.84 bits per heavy atom. The van der Waals surface area contributed by atoms with Gasteiger partial charge in [0.25, 0.3) is 0 Å². The summed E-state index contributed by atoms with van der Waals surface area (Å²) in [5, 5.41) is 0. The lowest BCUT2D eigenvalue weighted by molar-refractivity contribution is 0.540. The predicted molar refractivity (Wildman–Crippen MR) is 75.5 cm³/mol. The van der Waals surface area contributed by atoms with Crippen molar-refractivity contribution in [2.24, 2.45) is 0 Å². The Morgan fingerprint density at radius 2 is 2.05 bits per heavy atom. The molecular weight excluding hydrogens is 258 g/mol. The molecule has 0 amide bonds. The number of imidazole rings is 1. The summed E-state index contributed by atoms with van der Waals surface area (Å²) in [7, 11) is 0. The molecule has 0 saturated carbocycles. The normalized spacial score (nSPS) is 11.7. The summed E-state index contributed by atoms with van der Waals surface area (Å²) in [5.74, 6) is 1.42. The molecule has 4 rings (SSSR count). The molecule has 0 bridgehead atoms. The van der Waals surface area contributed by atoms with Crippen LogP contribution in [0.3, 0.4) is 0 Å². The molecule has 0 spiro atoms. The van der Waals surface area contributed by atoms with Crippen LogP contribution in [0.5, 0.6) is 0 Å². The van der Waals surface area contributed by atoms with Gasteiger partial charge in [0.1, 0.15) is 11.5 Å². The lowest BCUT2D eigenvalue weighted by atomic mass is 10.2. The monoisotopic (exact) mass is 269 g/mol. The van der Waals surface area contributed by atoms with Crippen molar-refractivity contribution in [3.8, 4) is 11.6 Å². The largest absolute Gasteiger partial charge is 0.440 e. The maximum atomic E-state index is 5.61. The maximum Gasteiger partial charge on any atom is 0.245 e. The van der Waals surface area contributed by atoms with E-state index in [0.717, 1.165) is 21.9 Å². The molecule has 3 heterocycles. The topological polar surface area (TPSA) is 43.3 Å². The fourth-order valence-electron chi connectivity index (χ4n) is 2.25. The van der Waals surface area contributed by atoms with Crippen LogP contribution in [-0.4, -0.2) is 14.4 Å². The van der Waals surface area contributed by atoms with Crippen LogP contribution in [0.2, 0.25) is 0 Å². The van der Waals surface area contributed by atoms with Crippen molar-refractivity contribution in [2.75, 3.05) is 0 Å². The van der Waals surface area contributed by atoms with Gasteiger partial charge in [0.05, 0.1) is 22.6 Å². The van der Waals surface area contributed by atoms with E-state index in [9.17, 15) is 0 Å². The van der Waals surface area contributed by atoms with Gasteiger partial charge in [-0.3, -0.25) is 4.40 Å². The summed E-state index contributed by atoms with van der Waals surface area (Å²) in [5.41, 5.74) is 3.30. The van der Waals surface area contributed by atoms with Crippen LogP contribution in [0, 0.1) is 13.8 Å². The standard InChI is InChI=1S/C14H11N3OS/c1-8-3-4-10-12(5-8)19-14-16-7-11(17(10)14)13-15-6-9(2)18-13/h3-7H,1-2H3. The molecule has 1 aromatic carbocycles. The van der Waals surface area contributed by atoms with Gasteiger partial charge in [0.15, 0.2) is 4.96 Å². The maximum absolute atomic E-state index is 5.61. The number of rotatable bonds is 1. The van der Waals surface area contributed by atoms with E-state index in [1.807, 2.05) is 13.1 Å². The van der Waals surface area contributed by atoms with Gasteiger partial charge in [0.2, 0.25) is 5.89 Å². The second-order valence-corrected chi connectivity index (χ2v) is 5.62. The summed E-state index contributed by atoms with van der Waals surface area (Å²) in [6.07, 6.45) is 3.55. The first-order valence-corrected chi connectivity index (χ1v) is 6.83. The molecule has 0 aliphatic rings. The number of fused-ring (bicyclic) bond motifs is 3. The van der Waals surface area contributed by atoms with Crippen molar-refractivity contribution >= 4 is 26.5 Å². The number of benzene rings is 1. The van der Waals surface area contributed by atoms with Gasteiger partial charge in [-0.2, -0.15) is 0 Å². The van der Waals surface area contributed by atoms with Gasteiger partial charge in [0, 0.05) is 0 Å². The molecule has 5 heteroatoms. The van der Waals surface area contributed by atoms with Crippen molar-refractivity contribution in [3.63, 3.8) is 0 Å². The molecule has 4 aromatic rings. The Balaban J connectivity index is 2.09. The lowest BCUT2D eigenvalue weighted by Crippen LogP contribution is -1.85. The van der Waals surface area contributed by atoms with E-state index < -0.39 is 0 Å². The number of aromatic nitrogens is 3. The van der Waals surface area contributed by atoms with Crippen molar-refractivity contribution in [1.29, 1.82) is 0 Å². The van der Waals surface area contributed by atoms with Crippen LogP contribution in [0.25, 0.3) is 26.8 Å². The quantitative estimate of drug-likeness (QED) is 0.527. The zero-order valence-corrected chi connectivity index (χ0v) is 11.4. The zero-order chi connectivity index (χ0) is 13.0. The third-order valence-electron chi connectivity index (χ3n) is 3.13. The van der Waals surface area contributed by atoms with Crippen LogP contribution < -0.4 is 0 Å². The van der Waals surface area contributed by atoms with Gasteiger partial charge in [-0.25, -0.2) is 9.97 Å². The summed E-state index contributed by atoms with van der Waals surface area (Å²) < 4.78 is 8.94. The molecule has 0 fully saturated rings. The zero-order valence-electron chi connectivity index (χ0n) is 10.5. The first-order chi connectivity index (χ1) is 9.22. The number of aryl methyl sites for hydroxylation is 2. The van der Waals surface area contributed by atoms with Crippen LogP contribution in [0.4, 0.5) is 0 Å². The number of hydrogen-bond donors (Lipinski definition) is 0. The van der Waals surface area contributed by atoms with E-state index in [0.29, 0.717) is 5.89 Å². The van der Waals surface area contributed by atoms with E-state index in [1.165, 1.54) is 10.3 Å².